The summed E-state index contributed by atoms with van der Waals surface area (Å²) in [5.74, 6) is 0. The van der Waals surface area contributed by atoms with Gasteiger partial charge in [0.25, 0.3) is 0 Å². The Bertz CT molecular complexity index is 486. The Morgan fingerprint density at radius 2 is 2.06 bits per heavy atom. The molecule has 2 nitrogen and oxygen atoms in total. The molecule has 0 heterocycles. The highest BCUT2D eigenvalue weighted by molar-refractivity contribution is 14.1. The van der Waals surface area contributed by atoms with Crippen molar-refractivity contribution in [1.29, 1.82) is 0 Å². The predicted molar refractivity (Wildman–Crippen MR) is 73.0 cm³/mol. The lowest BCUT2D eigenvalue weighted by Gasteiger charge is -2.26. The smallest absolute Gasteiger partial charge is 0.211 e. The molecular weight excluding hydrogens is 313 g/mol. The van der Waals surface area contributed by atoms with Gasteiger partial charge in [0.05, 0.1) is 0 Å². The average Bonchev–Trinajstić information content (AvgIpc) is 2.31. The van der Waals surface area contributed by atoms with Gasteiger partial charge in [-0.15, -0.1) is 0 Å². The summed E-state index contributed by atoms with van der Waals surface area (Å²) >= 11 is 2.21. The van der Waals surface area contributed by atoms with E-state index in [0.717, 1.165) is 17.6 Å². The quantitative estimate of drug-likeness (QED) is 0.269. The molecule has 1 aromatic rings. The first-order chi connectivity index (χ1) is 7.76. The Kier molecular flexibility index (Phi) is 3.36. The molecular formula is C13H10INO. The van der Waals surface area contributed by atoms with E-state index in [1.807, 2.05) is 48.6 Å². The maximum Gasteiger partial charge on any atom is 0.236 e. The van der Waals surface area contributed by atoms with Crippen molar-refractivity contribution in [3.63, 3.8) is 0 Å². The number of aliphatic imine (C=N–C) groups is 1. The minimum absolute atomic E-state index is 0.504. The lowest BCUT2D eigenvalue weighted by molar-refractivity contribution is 0.560. The van der Waals surface area contributed by atoms with Crippen LogP contribution in [0.2, 0.25) is 0 Å². The van der Waals surface area contributed by atoms with E-state index >= 15 is 0 Å². The first-order valence-electron chi connectivity index (χ1n) is 4.97. The van der Waals surface area contributed by atoms with Crippen molar-refractivity contribution >= 4 is 34.2 Å². The van der Waals surface area contributed by atoms with Gasteiger partial charge in [-0.2, -0.15) is 4.99 Å². The first-order valence-corrected chi connectivity index (χ1v) is 6.05. The zero-order valence-electron chi connectivity index (χ0n) is 8.56. The van der Waals surface area contributed by atoms with Gasteiger partial charge in [-0.05, 0) is 33.7 Å². The number of carbonyl (C=O) groups excluding carboxylic acids is 1. The minimum atomic E-state index is -0.504. The van der Waals surface area contributed by atoms with Crippen molar-refractivity contribution in [2.45, 2.75) is 9.97 Å². The van der Waals surface area contributed by atoms with Crippen LogP contribution in [0, 0.1) is 0 Å². The van der Waals surface area contributed by atoms with Crippen molar-refractivity contribution < 1.29 is 4.79 Å². The van der Waals surface area contributed by atoms with E-state index < -0.39 is 3.55 Å². The molecule has 0 aromatic heterocycles. The number of rotatable bonds is 2. The average molecular weight is 323 g/mol. The highest BCUT2D eigenvalue weighted by Crippen LogP contribution is 2.41. The molecule has 0 aliphatic heterocycles. The Labute approximate surface area is 108 Å². The van der Waals surface area contributed by atoms with Crippen LogP contribution >= 0.6 is 22.6 Å². The van der Waals surface area contributed by atoms with Crippen LogP contribution in [0.1, 0.15) is 12.0 Å². The van der Waals surface area contributed by atoms with Gasteiger partial charge < -0.3 is 0 Å². The third-order valence-corrected chi connectivity index (χ3v) is 3.77. The minimum Gasteiger partial charge on any atom is -0.211 e. The largest absolute Gasteiger partial charge is 0.236 e. The van der Waals surface area contributed by atoms with Crippen molar-refractivity contribution in [2.24, 2.45) is 4.99 Å². The second-order valence-corrected chi connectivity index (χ2v) is 5.33. The van der Waals surface area contributed by atoms with Gasteiger partial charge in [-0.25, -0.2) is 4.79 Å². The molecule has 1 unspecified atom stereocenters. The Hall–Kier alpha value is -1.19. The van der Waals surface area contributed by atoms with Gasteiger partial charge in [-0.3, -0.25) is 0 Å². The fourth-order valence-electron chi connectivity index (χ4n) is 1.74. The molecule has 1 atom stereocenters. The molecule has 0 spiro atoms. The van der Waals surface area contributed by atoms with E-state index in [1.165, 1.54) is 0 Å². The van der Waals surface area contributed by atoms with Crippen molar-refractivity contribution in [2.75, 3.05) is 0 Å². The van der Waals surface area contributed by atoms with Crippen molar-refractivity contribution in [3.8, 4) is 0 Å². The van der Waals surface area contributed by atoms with Crippen LogP contribution in [0.5, 0.6) is 0 Å². The molecule has 0 N–H and O–H groups in total. The van der Waals surface area contributed by atoms with Gasteiger partial charge in [0, 0.05) is 6.42 Å². The van der Waals surface area contributed by atoms with Crippen LogP contribution < -0.4 is 0 Å². The maximum atomic E-state index is 10.5. The SMILES string of the molecule is O=C=NC1(I)CC=CC=C1c1ccccc1. The molecule has 0 fully saturated rings. The van der Waals surface area contributed by atoms with Gasteiger partial charge in [0.2, 0.25) is 6.08 Å². The Morgan fingerprint density at radius 1 is 1.31 bits per heavy atom. The fraction of sp³-hybridized carbons (Fsp3) is 0.154. The van der Waals surface area contributed by atoms with Crippen LogP contribution in [-0.2, 0) is 4.79 Å². The highest BCUT2D eigenvalue weighted by atomic mass is 127. The second-order valence-electron chi connectivity index (χ2n) is 3.54. The summed E-state index contributed by atoms with van der Waals surface area (Å²) in [6, 6.07) is 9.99. The summed E-state index contributed by atoms with van der Waals surface area (Å²) in [6.45, 7) is 0. The number of isocyanates is 1. The van der Waals surface area contributed by atoms with Crippen LogP contribution in [0.4, 0.5) is 0 Å². The number of hydrogen-bond donors (Lipinski definition) is 0. The molecule has 2 rings (SSSR count). The molecule has 0 amide bonds. The van der Waals surface area contributed by atoms with Crippen LogP contribution in [-0.4, -0.2) is 9.63 Å². The Balaban J connectivity index is 2.49. The third kappa shape index (κ3) is 2.15. The van der Waals surface area contributed by atoms with E-state index in [0.29, 0.717) is 0 Å². The Morgan fingerprint density at radius 3 is 2.75 bits per heavy atom. The maximum absolute atomic E-state index is 10.5. The summed E-state index contributed by atoms with van der Waals surface area (Å²) in [5.41, 5.74) is 2.15. The topological polar surface area (TPSA) is 29.4 Å². The third-order valence-electron chi connectivity index (χ3n) is 2.51. The number of hydrogen-bond acceptors (Lipinski definition) is 2. The van der Waals surface area contributed by atoms with E-state index in [9.17, 15) is 4.79 Å². The number of nitrogens with zero attached hydrogens (tertiary/aromatic N) is 1. The number of benzene rings is 1. The number of allylic oxidation sites excluding steroid dienone is 2. The van der Waals surface area contributed by atoms with E-state index in [-0.39, 0.29) is 0 Å². The lowest BCUT2D eigenvalue weighted by atomic mass is 9.93. The normalized spacial score (nSPS) is 23.4. The molecule has 1 aromatic carbocycles. The first kappa shape index (κ1) is 11.3. The molecule has 0 saturated carbocycles. The molecule has 0 radical (unpaired) electrons. The van der Waals surface area contributed by atoms with Gasteiger partial charge in [-0.1, -0.05) is 48.6 Å². The highest BCUT2D eigenvalue weighted by Gasteiger charge is 2.31. The molecule has 1 aliphatic rings. The summed E-state index contributed by atoms with van der Waals surface area (Å²) in [5, 5.41) is 0. The van der Waals surface area contributed by atoms with Crippen LogP contribution in [0.25, 0.3) is 5.57 Å². The molecule has 80 valence electrons. The monoisotopic (exact) mass is 323 g/mol. The second kappa shape index (κ2) is 4.76. The van der Waals surface area contributed by atoms with E-state index in [2.05, 4.69) is 27.6 Å². The van der Waals surface area contributed by atoms with Gasteiger partial charge in [0.15, 0.2) is 3.55 Å². The fourth-order valence-corrected chi connectivity index (χ4v) is 2.58. The molecule has 1 aliphatic carbocycles. The summed E-state index contributed by atoms with van der Waals surface area (Å²) < 4.78 is -0.504. The van der Waals surface area contributed by atoms with E-state index in [4.69, 9.17) is 0 Å². The zero-order valence-corrected chi connectivity index (χ0v) is 10.7. The molecule has 16 heavy (non-hydrogen) atoms. The summed E-state index contributed by atoms with van der Waals surface area (Å²) in [4.78, 5) is 14.4. The molecule has 0 saturated heterocycles. The van der Waals surface area contributed by atoms with Crippen LogP contribution in [0.3, 0.4) is 0 Å². The van der Waals surface area contributed by atoms with Gasteiger partial charge >= 0.3 is 0 Å². The standard InChI is InChI=1S/C13H10INO/c14-13(15-10-16)9-5-4-8-12(13)11-6-2-1-3-7-11/h1-8H,9H2. The van der Waals surface area contributed by atoms with Crippen LogP contribution in [0.15, 0.2) is 53.6 Å². The van der Waals surface area contributed by atoms with Gasteiger partial charge in [0.1, 0.15) is 0 Å². The lowest BCUT2D eigenvalue weighted by Crippen LogP contribution is -2.20. The number of alkyl halides is 1. The summed E-state index contributed by atoms with van der Waals surface area (Å²) in [6.07, 6.45) is 8.42. The molecule has 0 bridgehead atoms. The van der Waals surface area contributed by atoms with E-state index in [1.54, 1.807) is 6.08 Å². The zero-order chi connectivity index (χ0) is 11.4. The molecule has 3 heteroatoms. The number of halogens is 1. The predicted octanol–water partition coefficient (Wildman–Crippen LogP) is 3.50. The summed E-state index contributed by atoms with van der Waals surface area (Å²) in [7, 11) is 0. The van der Waals surface area contributed by atoms with Crippen molar-refractivity contribution in [1.82, 2.24) is 0 Å². The van der Waals surface area contributed by atoms with Crippen molar-refractivity contribution in [3.05, 3.63) is 54.1 Å².